The topological polar surface area (TPSA) is 23.6 Å². The highest BCUT2D eigenvalue weighted by atomic mass is 35.5. The van der Waals surface area contributed by atoms with Crippen molar-refractivity contribution in [2.45, 2.75) is 58.4 Å². The summed E-state index contributed by atoms with van der Waals surface area (Å²) in [5.74, 6) is 0.160. The first-order chi connectivity index (χ1) is 12.5. The van der Waals surface area contributed by atoms with Crippen LogP contribution in [-0.4, -0.2) is 47.8 Å². The van der Waals surface area contributed by atoms with Crippen LogP contribution in [0, 0.1) is 0 Å². The fraction of sp³-hybridized carbons (Fsp3) is 0.591. The largest absolute Gasteiger partial charge is 0.373 e. The zero-order valence-corrected chi connectivity index (χ0v) is 17.1. The van der Waals surface area contributed by atoms with Gasteiger partial charge in [0, 0.05) is 54.9 Å². The minimum atomic E-state index is 0.160. The van der Waals surface area contributed by atoms with Gasteiger partial charge in [0.1, 0.15) is 0 Å². The normalized spacial score (nSPS) is 15.5. The van der Waals surface area contributed by atoms with E-state index in [1.165, 1.54) is 25.7 Å². The van der Waals surface area contributed by atoms with E-state index in [1.807, 2.05) is 0 Å². The highest BCUT2D eigenvalue weighted by Gasteiger charge is 2.23. The van der Waals surface area contributed by atoms with Gasteiger partial charge in [-0.15, -0.1) is 0 Å². The van der Waals surface area contributed by atoms with Crippen molar-refractivity contribution < 1.29 is 4.79 Å². The molecule has 1 aliphatic heterocycles. The molecule has 4 heteroatoms. The number of rotatable bonds is 10. The predicted octanol–water partition coefficient (Wildman–Crippen LogP) is 5.40. The van der Waals surface area contributed by atoms with E-state index in [-0.39, 0.29) is 5.78 Å². The zero-order valence-electron chi connectivity index (χ0n) is 16.3. The Morgan fingerprint density at radius 2 is 1.62 bits per heavy atom. The molecule has 1 saturated heterocycles. The molecule has 1 fully saturated rings. The molecule has 1 aliphatic rings. The van der Waals surface area contributed by atoms with Gasteiger partial charge in [-0.1, -0.05) is 44.9 Å². The molecular formula is C22H33ClN2O. The lowest BCUT2D eigenvalue weighted by Crippen LogP contribution is -2.49. The summed E-state index contributed by atoms with van der Waals surface area (Å²) in [5.41, 5.74) is 1.82. The van der Waals surface area contributed by atoms with Crippen LogP contribution >= 0.6 is 11.6 Å². The van der Waals surface area contributed by atoms with Crippen LogP contribution in [0.5, 0.6) is 0 Å². The molecule has 144 valence electrons. The van der Waals surface area contributed by atoms with Gasteiger partial charge >= 0.3 is 0 Å². The van der Waals surface area contributed by atoms with Gasteiger partial charge in [0.2, 0.25) is 0 Å². The van der Waals surface area contributed by atoms with E-state index in [2.05, 4.69) is 30.2 Å². The van der Waals surface area contributed by atoms with E-state index < -0.39 is 0 Å². The molecule has 1 heterocycles. The van der Waals surface area contributed by atoms with E-state index in [0.29, 0.717) is 11.4 Å². The fourth-order valence-corrected chi connectivity index (χ4v) is 3.90. The third-order valence-electron chi connectivity index (χ3n) is 5.33. The second kappa shape index (κ2) is 10.7. The molecule has 0 N–H and O–H groups in total. The number of piperazine rings is 1. The molecule has 0 unspecified atom stereocenters. The standard InChI is InChI=1S/C22H33ClN2O/c1-4-6-21(7-5-2)25-16-14-24(15-17-25)18(3)8-13-22(26)19-9-11-20(23)12-10-19/h9-12,21H,3-8,13-17H2,1-2H3. The molecule has 0 atom stereocenters. The summed E-state index contributed by atoms with van der Waals surface area (Å²) < 4.78 is 0. The summed E-state index contributed by atoms with van der Waals surface area (Å²) in [4.78, 5) is 17.3. The van der Waals surface area contributed by atoms with E-state index in [9.17, 15) is 4.79 Å². The highest BCUT2D eigenvalue weighted by molar-refractivity contribution is 6.30. The van der Waals surface area contributed by atoms with Crippen LogP contribution in [-0.2, 0) is 0 Å². The predicted molar refractivity (Wildman–Crippen MR) is 111 cm³/mol. The number of carbonyl (C=O) groups excluding carboxylic acids is 1. The fourth-order valence-electron chi connectivity index (χ4n) is 3.78. The molecule has 3 nitrogen and oxygen atoms in total. The van der Waals surface area contributed by atoms with Gasteiger partial charge in [-0.2, -0.15) is 0 Å². The Bertz CT molecular complexity index is 570. The van der Waals surface area contributed by atoms with Crippen LogP contribution in [0.15, 0.2) is 36.5 Å². The number of Topliss-reactive ketones (excluding diaryl/α,β-unsaturated/α-hetero) is 1. The Morgan fingerprint density at radius 1 is 1.04 bits per heavy atom. The molecular weight excluding hydrogens is 344 g/mol. The molecule has 0 aromatic heterocycles. The van der Waals surface area contributed by atoms with E-state index in [0.717, 1.165) is 49.9 Å². The van der Waals surface area contributed by atoms with Crippen LogP contribution in [0.1, 0.15) is 62.7 Å². The number of hydrogen-bond acceptors (Lipinski definition) is 3. The molecule has 0 aliphatic carbocycles. The van der Waals surface area contributed by atoms with E-state index in [1.54, 1.807) is 24.3 Å². The number of halogens is 1. The average Bonchev–Trinajstić information content (AvgIpc) is 2.66. The monoisotopic (exact) mass is 376 g/mol. The first kappa shape index (κ1) is 21.0. The third-order valence-corrected chi connectivity index (χ3v) is 5.58. The van der Waals surface area contributed by atoms with Gasteiger partial charge in [-0.25, -0.2) is 0 Å². The summed E-state index contributed by atoms with van der Waals surface area (Å²) in [7, 11) is 0. The molecule has 0 amide bonds. The number of nitrogens with zero attached hydrogens (tertiary/aromatic N) is 2. The molecule has 0 radical (unpaired) electrons. The third kappa shape index (κ3) is 6.14. The quantitative estimate of drug-likeness (QED) is 0.510. The summed E-state index contributed by atoms with van der Waals surface area (Å²) in [6.07, 6.45) is 6.34. The number of carbonyl (C=O) groups is 1. The minimum Gasteiger partial charge on any atom is -0.373 e. The van der Waals surface area contributed by atoms with E-state index >= 15 is 0 Å². The van der Waals surface area contributed by atoms with Crippen molar-refractivity contribution in [1.29, 1.82) is 0 Å². The first-order valence-electron chi connectivity index (χ1n) is 10.0. The SMILES string of the molecule is C=C(CCC(=O)c1ccc(Cl)cc1)N1CCN(C(CCC)CCC)CC1. The van der Waals surface area contributed by atoms with Gasteiger partial charge in [0.05, 0.1) is 0 Å². The first-order valence-corrected chi connectivity index (χ1v) is 10.4. The lowest BCUT2D eigenvalue weighted by atomic mass is 10.0. The highest BCUT2D eigenvalue weighted by Crippen LogP contribution is 2.20. The van der Waals surface area contributed by atoms with Crippen molar-refractivity contribution in [2.24, 2.45) is 0 Å². The molecule has 0 saturated carbocycles. The minimum absolute atomic E-state index is 0.160. The number of allylic oxidation sites excluding steroid dienone is 1. The van der Waals surface area contributed by atoms with Gasteiger partial charge in [0.15, 0.2) is 5.78 Å². The Morgan fingerprint density at radius 3 is 2.15 bits per heavy atom. The van der Waals surface area contributed by atoms with Crippen LogP contribution in [0.4, 0.5) is 0 Å². The molecule has 2 rings (SSSR count). The Balaban J connectivity index is 1.77. The Hall–Kier alpha value is -1.32. The number of hydrogen-bond donors (Lipinski definition) is 0. The average molecular weight is 377 g/mol. The number of benzene rings is 1. The Labute approximate surface area is 164 Å². The second-order valence-corrected chi connectivity index (χ2v) is 7.69. The summed E-state index contributed by atoms with van der Waals surface area (Å²) in [6, 6.07) is 7.87. The summed E-state index contributed by atoms with van der Waals surface area (Å²) in [6.45, 7) is 13.1. The zero-order chi connectivity index (χ0) is 18.9. The number of ketones is 1. The summed E-state index contributed by atoms with van der Waals surface area (Å²) >= 11 is 5.88. The van der Waals surface area contributed by atoms with Crippen LogP contribution in [0.3, 0.4) is 0 Å². The van der Waals surface area contributed by atoms with Gasteiger partial charge in [-0.3, -0.25) is 9.69 Å². The molecule has 1 aromatic carbocycles. The van der Waals surface area contributed by atoms with Crippen molar-refractivity contribution in [3.63, 3.8) is 0 Å². The van der Waals surface area contributed by atoms with Crippen molar-refractivity contribution in [3.05, 3.63) is 47.1 Å². The van der Waals surface area contributed by atoms with Gasteiger partial charge in [-0.05, 0) is 43.5 Å². The van der Waals surface area contributed by atoms with Crippen LogP contribution in [0.2, 0.25) is 5.02 Å². The molecule has 1 aromatic rings. The molecule has 0 spiro atoms. The molecule has 0 bridgehead atoms. The molecule has 26 heavy (non-hydrogen) atoms. The van der Waals surface area contributed by atoms with Crippen molar-refractivity contribution in [2.75, 3.05) is 26.2 Å². The van der Waals surface area contributed by atoms with Crippen LogP contribution in [0.25, 0.3) is 0 Å². The lowest BCUT2D eigenvalue weighted by Gasteiger charge is -2.41. The van der Waals surface area contributed by atoms with Crippen LogP contribution < -0.4 is 0 Å². The van der Waals surface area contributed by atoms with E-state index in [4.69, 9.17) is 11.6 Å². The maximum atomic E-state index is 12.3. The smallest absolute Gasteiger partial charge is 0.163 e. The van der Waals surface area contributed by atoms with Crippen molar-refractivity contribution in [3.8, 4) is 0 Å². The maximum Gasteiger partial charge on any atom is 0.163 e. The summed E-state index contributed by atoms with van der Waals surface area (Å²) in [5, 5.41) is 0.660. The Kier molecular flexibility index (Phi) is 8.67. The lowest BCUT2D eigenvalue weighted by molar-refractivity contribution is 0.0953. The van der Waals surface area contributed by atoms with Crippen molar-refractivity contribution >= 4 is 17.4 Å². The van der Waals surface area contributed by atoms with Crippen molar-refractivity contribution in [1.82, 2.24) is 9.80 Å². The van der Waals surface area contributed by atoms with Gasteiger partial charge in [0.25, 0.3) is 0 Å². The second-order valence-electron chi connectivity index (χ2n) is 7.25. The maximum absolute atomic E-state index is 12.3. The van der Waals surface area contributed by atoms with Gasteiger partial charge < -0.3 is 4.90 Å².